The Morgan fingerprint density at radius 3 is 2.47 bits per heavy atom. The van der Waals surface area contributed by atoms with Crippen LogP contribution in [0.15, 0.2) is 0 Å². The Labute approximate surface area is 104 Å². The van der Waals surface area contributed by atoms with Crippen LogP contribution in [0.25, 0.3) is 0 Å². The van der Waals surface area contributed by atoms with Crippen LogP contribution in [0.2, 0.25) is 0 Å². The molecule has 0 aromatic heterocycles. The second-order valence-electron chi connectivity index (χ2n) is 6.38. The molecule has 3 nitrogen and oxygen atoms in total. The van der Waals surface area contributed by atoms with E-state index in [1.165, 1.54) is 25.7 Å². The van der Waals surface area contributed by atoms with Crippen molar-refractivity contribution in [2.45, 2.75) is 32.6 Å². The number of carbonyl (C=O) groups excluding carboxylic acids is 1. The average Bonchev–Trinajstić information content (AvgIpc) is 2.74. The summed E-state index contributed by atoms with van der Waals surface area (Å²) in [5, 5.41) is 3.34. The predicted molar refractivity (Wildman–Crippen MR) is 67.6 cm³/mol. The highest BCUT2D eigenvalue weighted by Crippen LogP contribution is 2.35. The average molecular weight is 236 g/mol. The summed E-state index contributed by atoms with van der Waals surface area (Å²) in [7, 11) is 0. The van der Waals surface area contributed by atoms with Crippen molar-refractivity contribution >= 4 is 5.91 Å². The minimum atomic E-state index is 0.244. The molecule has 0 spiro atoms. The zero-order chi connectivity index (χ0) is 11.8. The second kappa shape index (κ2) is 4.60. The summed E-state index contributed by atoms with van der Waals surface area (Å²) < 4.78 is 0. The fraction of sp³-hybridized carbons (Fsp3) is 0.929. The molecule has 1 saturated carbocycles. The van der Waals surface area contributed by atoms with Gasteiger partial charge in [-0.2, -0.15) is 0 Å². The van der Waals surface area contributed by atoms with E-state index in [4.69, 9.17) is 0 Å². The number of rotatable bonds is 1. The molecule has 3 rings (SSSR count). The number of likely N-dealkylation sites (tertiary alicyclic amines) is 1. The summed E-state index contributed by atoms with van der Waals surface area (Å²) in [6.07, 6.45) is 5.46. The zero-order valence-electron chi connectivity index (χ0n) is 10.8. The van der Waals surface area contributed by atoms with Gasteiger partial charge in [0.25, 0.3) is 0 Å². The molecule has 1 aliphatic carbocycles. The molecule has 0 aromatic rings. The van der Waals surface area contributed by atoms with Gasteiger partial charge in [0.2, 0.25) is 5.91 Å². The lowest BCUT2D eigenvalue weighted by Gasteiger charge is -2.42. The first-order valence-corrected chi connectivity index (χ1v) is 7.23. The molecule has 4 atom stereocenters. The smallest absolute Gasteiger partial charge is 0.227 e. The first-order valence-electron chi connectivity index (χ1n) is 7.23. The largest absolute Gasteiger partial charge is 0.342 e. The first-order chi connectivity index (χ1) is 8.24. The van der Waals surface area contributed by atoms with Gasteiger partial charge in [-0.15, -0.1) is 0 Å². The van der Waals surface area contributed by atoms with Gasteiger partial charge in [0, 0.05) is 19.6 Å². The van der Waals surface area contributed by atoms with Crippen LogP contribution < -0.4 is 5.32 Å². The van der Waals surface area contributed by atoms with Gasteiger partial charge in [-0.05, 0) is 43.6 Å². The van der Waals surface area contributed by atoms with E-state index in [2.05, 4.69) is 17.1 Å². The SMILES string of the molecule is C[C@@H]1CNC[C@H]1C(=O)N1CC2CCCC(C2)C1. The van der Waals surface area contributed by atoms with E-state index >= 15 is 0 Å². The number of fused-ring (bicyclic) bond motifs is 2. The molecule has 1 N–H and O–H groups in total. The second-order valence-corrected chi connectivity index (χ2v) is 6.38. The van der Waals surface area contributed by atoms with Crippen molar-refractivity contribution < 1.29 is 4.79 Å². The molecular formula is C14H24N2O. The van der Waals surface area contributed by atoms with E-state index in [1.807, 2.05) is 0 Å². The molecule has 2 aliphatic heterocycles. The molecule has 17 heavy (non-hydrogen) atoms. The molecule has 3 fully saturated rings. The van der Waals surface area contributed by atoms with Crippen molar-refractivity contribution in [3.05, 3.63) is 0 Å². The number of carbonyl (C=O) groups is 1. The molecule has 3 heteroatoms. The van der Waals surface area contributed by atoms with Crippen LogP contribution in [0.4, 0.5) is 0 Å². The van der Waals surface area contributed by atoms with Crippen LogP contribution in [0, 0.1) is 23.7 Å². The molecule has 3 aliphatic rings. The topological polar surface area (TPSA) is 32.3 Å². The maximum Gasteiger partial charge on any atom is 0.227 e. The maximum absolute atomic E-state index is 12.5. The number of hydrogen-bond acceptors (Lipinski definition) is 2. The van der Waals surface area contributed by atoms with Crippen molar-refractivity contribution in [1.82, 2.24) is 10.2 Å². The Morgan fingerprint density at radius 1 is 1.18 bits per heavy atom. The van der Waals surface area contributed by atoms with E-state index in [0.717, 1.165) is 38.0 Å². The molecule has 2 unspecified atom stereocenters. The van der Waals surface area contributed by atoms with Crippen LogP contribution in [-0.4, -0.2) is 37.0 Å². The number of nitrogens with zero attached hydrogens (tertiary/aromatic N) is 1. The van der Waals surface area contributed by atoms with Crippen molar-refractivity contribution in [1.29, 1.82) is 0 Å². The fourth-order valence-corrected chi connectivity index (χ4v) is 3.99. The van der Waals surface area contributed by atoms with Gasteiger partial charge in [0.15, 0.2) is 0 Å². The first kappa shape index (κ1) is 11.5. The lowest BCUT2D eigenvalue weighted by atomic mass is 9.77. The van der Waals surface area contributed by atoms with Crippen molar-refractivity contribution in [2.24, 2.45) is 23.7 Å². The lowest BCUT2D eigenvalue weighted by molar-refractivity contribution is -0.139. The third kappa shape index (κ3) is 2.22. The quantitative estimate of drug-likeness (QED) is 0.748. The van der Waals surface area contributed by atoms with Gasteiger partial charge in [-0.3, -0.25) is 4.79 Å². The minimum Gasteiger partial charge on any atom is -0.342 e. The van der Waals surface area contributed by atoms with Crippen molar-refractivity contribution in [2.75, 3.05) is 26.2 Å². The third-order valence-corrected chi connectivity index (χ3v) is 4.99. The van der Waals surface area contributed by atoms with Crippen LogP contribution >= 0.6 is 0 Å². The molecule has 2 heterocycles. The minimum absolute atomic E-state index is 0.244. The van der Waals surface area contributed by atoms with Gasteiger partial charge >= 0.3 is 0 Å². The summed E-state index contributed by atoms with van der Waals surface area (Å²) >= 11 is 0. The van der Waals surface area contributed by atoms with Gasteiger partial charge in [0.05, 0.1) is 5.92 Å². The number of hydrogen-bond donors (Lipinski definition) is 1. The molecular weight excluding hydrogens is 212 g/mol. The predicted octanol–water partition coefficient (Wildman–Crippen LogP) is 1.49. The summed E-state index contributed by atoms with van der Waals surface area (Å²) in [6, 6.07) is 0. The summed E-state index contributed by atoms with van der Waals surface area (Å²) in [6.45, 7) is 6.19. The van der Waals surface area contributed by atoms with Gasteiger partial charge < -0.3 is 10.2 Å². The monoisotopic (exact) mass is 236 g/mol. The Morgan fingerprint density at radius 2 is 1.88 bits per heavy atom. The Hall–Kier alpha value is -0.570. The molecule has 96 valence electrons. The van der Waals surface area contributed by atoms with E-state index in [9.17, 15) is 4.79 Å². The van der Waals surface area contributed by atoms with Gasteiger partial charge in [-0.1, -0.05) is 13.3 Å². The molecule has 2 saturated heterocycles. The normalized spacial score (nSPS) is 41.6. The number of nitrogens with one attached hydrogen (secondary N) is 1. The Kier molecular flexibility index (Phi) is 3.12. The molecule has 0 aromatic carbocycles. The van der Waals surface area contributed by atoms with E-state index in [-0.39, 0.29) is 5.92 Å². The van der Waals surface area contributed by atoms with E-state index in [0.29, 0.717) is 11.8 Å². The highest BCUT2D eigenvalue weighted by atomic mass is 16.2. The lowest BCUT2D eigenvalue weighted by Crippen LogP contribution is -2.48. The highest BCUT2D eigenvalue weighted by Gasteiger charge is 2.37. The Balaban J connectivity index is 1.65. The summed E-state index contributed by atoms with van der Waals surface area (Å²) in [4.78, 5) is 14.7. The fourth-order valence-electron chi connectivity index (χ4n) is 3.99. The zero-order valence-corrected chi connectivity index (χ0v) is 10.8. The highest BCUT2D eigenvalue weighted by molar-refractivity contribution is 5.80. The van der Waals surface area contributed by atoms with E-state index < -0.39 is 0 Å². The third-order valence-electron chi connectivity index (χ3n) is 4.99. The van der Waals surface area contributed by atoms with Gasteiger partial charge in [-0.25, -0.2) is 0 Å². The molecule has 2 bridgehead atoms. The maximum atomic E-state index is 12.5. The standard InChI is InChI=1S/C14H24N2O/c1-10-6-15-7-13(10)14(17)16-8-11-3-2-4-12(5-11)9-16/h10-13,15H,2-9H2,1H3/t10-,11?,12?,13-/m1/s1. The van der Waals surface area contributed by atoms with Crippen LogP contribution in [0.5, 0.6) is 0 Å². The van der Waals surface area contributed by atoms with Gasteiger partial charge in [0.1, 0.15) is 0 Å². The van der Waals surface area contributed by atoms with Crippen LogP contribution in [0.3, 0.4) is 0 Å². The van der Waals surface area contributed by atoms with Crippen LogP contribution in [-0.2, 0) is 4.79 Å². The summed E-state index contributed by atoms with van der Waals surface area (Å²) in [5.41, 5.74) is 0. The van der Waals surface area contributed by atoms with Crippen LogP contribution in [0.1, 0.15) is 32.6 Å². The van der Waals surface area contributed by atoms with E-state index in [1.54, 1.807) is 0 Å². The number of amides is 1. The number of piperidine rings is 1. The molecule has 1 amide bonds. The van der Waals surface area contributed by atoms with Crippen molar-refractivity contribution in [3.8, 4) is 0 Å². The summed E-state index contributed by atoms with van der Waals surface area (Å²) in [5.74, 6) is 2.80. The molecule has 0 radical (unpaired) electrons. The Bertz CT molecular complexity index is 293. The van der Waals surface area contributed by atoms with Crippen molar-refractivity contribution in [3.63, 3.8) is 0 Å².